The molecule has 5 nitrogen and oxygen atoms in total. The molecular formula is C16H26N2O3. The number of hydrogen-bond donors (Lipinski definition) is 1. The largest absolute Gasteiger partial charge is 0.459 e. The molecule has 0 spiro atoms. The van der Waals surface area contributed by atoms with Crippen LogP contribution in [-0.4, -0.2) is 47.6 Å². The molecule has 1 fully saturated rings. The number of nitrogens with one attached hydrogen (secondary N) is 1. The number of amides is 1. The van der Waals surface area contributed by atoms with Crippen molar-refractivity contribution in [2.75, 3.05) is 13.1 Å². The lowest BCUT2D eigenvalue weighted by molar-refractivity contribution is -0.160. The van der Waals surface area contributed by atoms with Crippen molar-refractivity contribution >= 4 is 11.9 Å². The third-order valence-corrected chi connectivity index (χ3v) is 3.94. The summed E-state index contributed by atoms with van der Waals surface area (Å²) in [6.07, 6.45) is 5.97. The van der Waals surface area contributed by atoms with Crippen molar-refractivity contribution in [3.8, 4) is 0 Å². The molecule has 5 heteroatoms. The van der Waals surface area contributed by atoms with Crippen LogP contribution in [0.25, 0.3) is 0 Å². The Kier molecular flexibility index (Phi) is 4.71. The average Bonchev–Trinajstić information content (AvgIpc) is 2.79. The van der Waals surface area contributed by atoms with Crippen molar-refractivity contribution < 1.29 is 14.3 Å². The van der Waals surface area contributed by atoms with E-state index in [-0.39, 0.29) is 36.4 Å². The summed E-state index contributed by atoms with van der Waals surface area (Å²) < 4.78 is 5.36. The summed E-state index contributed by atoms with van der Waals surface area (Å²) in [5.74, 6) is -0.0884. The Morgan fingerprint density at radius 2 is 2.14 bits per heavy atom. The van der Waals surface area contributed by atoms with Crippen LogP contribution < -0.4 is 5.32 Å². The van der Waals surface area contributed by atoms with Gasteiger partial charge in [0.15, 0.2) is 0 Å². The Labute approximate surface area is 126 Å². The number of esters is 1. The minimum atomic E-state index is -0.530. The summed E-state index contributed by atoms with van der Waals surface area (Å²) in [6, 6.07) is -0.224. The molecule has 0 unspecified atom stereocenters. The summed E-state index contributed by atoms with van der Waals surface area (Å²) in [5.41, 5.74) is -0.530. The number of hydrogen-bond acceptors (Lipinski definition) is 4. The lowest BCUT2D eigenvalue weighted by Crippen LogP contribution is -2.50. The molecule has 0 aromatic rings. The number of rotatable bonds is 3. The topological polar surface area (TPSA) is 58.6 Å². The van der Waals surface area contributed by atoms with Crippen LogP contribution in [-0.2, 0) is 14.3 Å². The van der Waals surface area contributed by atoms with E-state index < -0.39 is 5.60 Å². The number of fused-ring (bicyclic) bond motifs is 1. The van der Waals surface area contributed by atoms with Crippen LogP contribution in [0.15, 0.2) is 12.2 Å². The third-order valence-electron chi connectivity index (χ3n) is 3.94. The predicted molar refractivity (Wildman–Crippen MR) is 80.7 cm³/mol. The molecule has 0 saturated carbocycles. The maximum Gasteiger partial charge on any atom is 0.326 e. The number of nitrogens with zero attached hydrogens (tertiary/aromatic N) is 1. The van der Waals surface area contributed by atoms with Crippen LogP contribution in [0.5, 0.6) is 0 Å². The van der Waals surface area contributed by atoms with E-state index in [9.17, 15) is 9.59 Å². The average molecular weight is 294 g/mol. The van der Waals surface area contributed by atoms with Gasteiger partial charge >= 0.3 is 5.97 Å². The smallest absolute Gasteiger partial charge is 0.326 e. The van der Waals surface area contributed by atoms with E-state index in [2.05, 4.69) is 17.5 Å². The summed E-state index contributed by atoms with van der Waals surface area (Å²) in [7, 11) is 0. The first-order chi connectivity index (χ1) is 9.81. The monoisotopic (exact) mass is 294 g/mol. The Balaban J connectivity index is 2.12. The molecule has 21 heavy (non-hydrogen) atoms. The van der Waals surface area contributed by atoms with E-state index in [1.165, 1.54) is 0 Å². The van der Waals surface area contributed by atoms with E-state index in [1.54, 1.807) is 4.90 Å². The van der Waals surface area contributed by atoms with E-state index in [0.29, 0.717) is 0 Å². The molecule has 3 atom stereocenters. The van der Waals surface area contributed by atoms with Gasteiger partial charge in [0.05, 0.1) is 12.1 Å². The summed E-state index contributed by atoms with van der Waals surface area (Å²) in [6.45, 7) is 8.40. The minimum absolute atomic E-state index is 0.0141. The van der Waals surface area contributed by atoms with Crippen molar-refractivity contribution in [1.82, 2.24) is 10.2 Å². The van der Waals surface area contributed by atoms with Gasteiger partial charge in [0.2, 0.25) is 5.91 Å². The van der Waals surface area contributed by atoms with E-state index in [1.807, 2.05) is 27.7 Å². The fraction of sp³-hybridized carbons (Fsp3) is 0.750. The highest BCUT2D eigenvalue weighted by Gasteiger charge is 2.39. The molecular weight excluding hydrogens is 268 g/mol. The van der Waals surface area contributed by atoms with Gasteiger partial charge in [-0.3, -0.25) is 9.59 Å². The van der Waals surface area contributed by atoms with E-state index in [0.717, 1.165) is 19.4 Å². The molecule has 1 saturated heterocycles. The second-order valence-corrected chi connectivity index (χ2v) is 6.80. The Hall–Kier alpha value is -1.36. The number of carbonyl (C=O) groups is 2. The Morgan fingerprint density at radius 1 is 1.43 bits per heavy atom. The molecule has 2 aliphatic heterocycles. The molecule has 0 radical (unpaired) electrons. The summed E-state index contributed by atoms with van der Waals surface area (Å²) >= 11 is 0. The van der Waals surface area contributed by atoms with Gasteiger partial charge in [-0.15, -0.1) is 0 Å². The van der Waals surface area contributed by atoms with Gasteiger partial charge in [0.1, 0.15) is 12.1 Å². The lowest BCUT2D eigenvalue weighted by Gasteiger charge is -2.31. The zero-order valence-corrected chi connectivity index (χ0v) is 13.4. The normalized spacial score (nSPS) is 29.2. The molecule has 1 amide bonds. The molecule has 0 aliphatic carbocycles. The van der Waals surface area contributed by atoms with Gasteiger partial charge in [-0.05, 0) is 40.2 Å². The third kappa shape index (κ3) is 3.84. The second kappa shape index (κ2) is 6.18. The highest BCUT2D eigenvalue weighted by Crippen LogP contribution is 2.25. The first kappa shape index (κ1) is 16.0. The van der Waals surface area contributed by atoms with Crippen LogP contribution in [0.1, 0.15) is 40.5 Å². The van der Waals surface area contributed by atoms with Crippen LogP contribution in [0.4, 0.5) is 0 Å². The van der Waals surface area contributed by atoms with Gasteiger partial charge in [0, 0.05) is 5.92 Å². The zero-order valence-electron chi connectivity index (χ0n) is 13.4. The van der Waals surface area contributed by atoms with Crippen molar-refractivity contribution in [2.45, 2.75) is 58.2 Å². The van der Waals surface area contributed by atoms with Crippen molar-refractivity contribution in [1.29, 1.82) is 0 Å². The van der Waals surface area contributed by atoms with Crippen molar-refractivity contribution in [3.63, 3.8) is 0 Å². The Morgan fingerprint density at radius 3 is 2.76 bits per heavy atom. The van der Waals surface area contributed by atoms with Crippen molar-refractivity contribution in [3.05, 3.63) is 12.2 Å². The van der Waals surface area contributed by atoms with Gasteiger partial charge in [-0.1, -0.05) is 19.1 Å². The predicted octanol–water partition coefficient (Wildman–Crippen LogP) is 1.48. The first-order valence-electron chi connectivity index (χ1n) is 7.76. The van der Waals surface area contributed by atoms with Crippen LogP contribution in [0, 0.1) is 5.92 Å². The molecule has 0 aromatic heterocycles. The molecule has 2 rings (SSSR count). The minimum Gasteiger partial charge on any atom is -0.459 e. The zero-order chi connectivity index (χ0) is 15.6. The van der Waals surface area contributed by atoms with Gasteiger partial charge < -0.3 is 15.0 Å². The highest BCUT2D eigenvalue weighted by molar-refractivity contribution is 5.87. The molecule has 0 bridgehead atoms. The lowest BCUT2D eigenvalue weighted by atomic mass is 10.0. The molecule has 2 heterocycles. The fourth-order valence-corrected chi connectivity index (χ4v) is 2.98. The van der Waals surface area contributed by atoms with E-state index >= 15 is 0 Å². The highest BCUT2D eigenvalue weighted by atomic mass is 16.6. The Bertz CT molecular complexity index is 439. The maximum absolute atomic E-state index is 12.7. The number of carbonyl (C=O) groups excluding carboxylic acids is 2. The number of ether oxygens (including phenoxy) is 1. The maximum atomic E-state index is 12.7. The van der Waals surface area contributed by atoms with Gasteiger partial charge in [-0.25, -0.2) is 0 Å². The molecule has 118 valence electrons. The van der Waals surface area contributed by atoms with Crippen molar-refractivity contribution in [2.24, 2.45) is 5.92 Å². The van der Waals surface area contributed by atoms with Gasteiger partial charge in [-0.2, -0.15) is 0 Å². The first-order valence-corrected chi connectivity index (χ1v) is 7.76. The van der Waals surface area contributed by atoms with Gasteiger partial charge in [0.25, 0.3) is 0 Å². The van der Waals surface area contributed by atoms with Crippen LogP contribution >= 0.6 is 0 Å². The standard InChI is InChI=1S/C16H26N2O3/c1-5-12-7-6-11-8-9-17-14(11)15(20)18(12)10-13(19)21-16(2,3)4/h6-7,11-12,14,17H,5,8-10H2,1-4H3/t11-,12+,14-/m0/s1. The molecule has 0 aromatic carbocycles. The molecule has 2 aliphatic rings. The van der Waals surface area contributed by atoms with Crippen LogP contribution in [0.2, 0.25) is 0 Å². The quantitative estimate of drug-likeness (QED) is 0.633. The summed E-state index contributed by atoms with van der Waals surface area (Å²) in [5, 5.41) is 3.25. The fourth-order valence-electron chi connectivity index (χ4n) is 2.98. The van der Waals surface area contributed by atoms with Crippen LogP contribution in [0.3, 0.4) is 0 Å². The summed E-state index contributed by atoms with van der Waals surface area (Å²) in [4.78, 5) is 26.5. The second-order valence-electron chi connectivity index (χ2n) is 6.80. The molecule has 1 N–H and O–H groups in total. The van der Waals surface area contributed by atoms with E-state index in [4.69, 9.17) is 4.74 Å². The SMILES string of the molecule is CC[C@@H]1C=C[C@H]2CCN[C@@H]2C(=O)N1CC(=O)OC(C)(C)C.